The largest absolute Gasteiger partial charge is 0.392 e. The van der Waals surface area contributed by atoms with Gasteiger partial charge in [-0.15, -0.1) is 0 Å². The summed E-state index contributed by atoms with van der Waals surface area (Å²) in [7, 11) is 0. The highest BCUT2D eigenvalue weighted by atomic mass is 16.3. The fourth-order valence-electron chi connectivity index (χ4n) is 6.15. The third-order valence-corrected chi connectivity index (χ3v) is 7.98. The molecule has 0 unspecified atom stereocenters. The molecule has 190 valence electrons. The number of aliphatic hydroxyl groups excluding tert-OH is 1. The first-order valence-electron chi connectivity index (χ1n) is 13.0. The summed E-state index contributed by atoms with van der Waals surface area (Å²) in [6, 6.07) is 6.30. The Labute approximate surface area is 210 Å². The van der Waals surface area contributed by atoms with Gasteiger partial charge in [0.15, 0.2) is 0 Å². The van der Waals surface area contributed by atoms with Gasteiger partial charge < -0.3 is 25.2 Å². The van der Waals surface area contributed by atoms with Crippen LogP contribution in [-0.2, 0) is 5.54 Å². The monoisotopic (exact) mass is 490 g/mol. The van der Waals surface area contributed by atoms with Crippen molar-refractivity contribution < 1.29 is 9.90 Å². The maximum atomic E-state index is 12.6. The lowest BCUT2D eigenvalue weighted by atomic mass is 9.94. The van der Waals surface area contributed by atoms with E-state index in [-0.39, 0.29) is 17.6 Å². The molecule has 3 N–H and O–H groups in total. The minimum atomic E-state index is -0.314. The van der Waals surface area contributed by atoms with Crippen molar-refractivity contribution in [3.05, 3.63) is 36.3 Å². The molecule has 5 heterocycles. The number of nitrogens with one attached hydrogen (secondary N) is 2. The molecule has 1 amide bonds. The summed E-state index contributed by atoms with van der Waals surface area (Å²) >= 11 is 0. The van der Waals surface area contributed by atoms with E-state index in [1.807, 2.05) is 25.3 Å². The Kier molecular flexibility index (Phi) is 5.80. The van der Waals surface area contributed by atoms with Gasteiger partial charge in [0.25, 0.3) is 5.91 Å². The number of nitrogens with zero attached hydrogens (tertiary/aromatic N) is 6. The van der Waals surface area contributed by atoms with E-state index in [0.29, 0.717) is 36.6 Å². The molecule has 1 saturated heterocycles. The summed E-state index contributed by atoms with van der Waals surface area (Å²) in [5.41, 5.74) is 2.47. The van der Waals surface area contributed by atoms with Crippen LogP contribution < -0.4 is 15.5 Å². The molecule has 3 aromatic rings. The molecule has 2 aliphatic heterocycles. The Morgan fingerprint density at radius 1 is 1.22 bits per heavy atom. The van der Waals surface area contributed by atoms with Gasteiger partial charge in [-0.2, -0.15) is 4.98 Å². The minimum absolute atomic E-state index is 0.0432. The summed E-state index contributed by atoms with van der Waals surface area (Å²) in [5.74, 6) is 1.11. The zero-order valence-corrected chi connectivity index (χ0v) is 20.9. The summed E-state index contributed by atoms with van der Waals surface area (Å²) in [6.45, 7) is 8.12. The third-order valence-electron chi connectivity index (χ3n) is 7.98. The lowest BCUT2D eigenvalue weighted by Crippen LogP contribution is -2.53. The van der Waals surface area contributed by atoms with Crippen LogP contribution in [0.15, 0.2) is 30.6 Å². The fraction of sp³-hybridized carbons (Fsp3) is 0.538. The first kappa shape index (κ1) is 23.2. The van der Waals surface area contributed by atoms with Crippen molar-refractivity contribution >= 4 is 34.4 Å². The molecule has 3 aromatic heterocycles. The highest BCUT2D eigenvalue weighted by Gasteiger charge is 2.42. The van der Waals surface area contributed by atoms with Crippen LogP contribution in [0.1, 0.15) is 50.0 Å². The SMILES string of the molecule is C[C@H](O)CN1CCN(c2ccc(Nc3ncc4cc5n(c4n3)C3(CCCC3)CNC5=O)nc2)C[C@H]1C. The Morgan fingerprint density at radius 2 is 2.06 bits per heavy atom. The van der Waals surface area contributed by atoms with E-state index in [9.17, 15) is 9.90 Å². The zero-order chi connectivity index (χ0) is 24.9. The maximum Gasteiger partial charge on any atom is 0.268 e. The molecule has 0 aromatic carbocycles. The second-order valence-corrected chi connectivity index (χ2v) is 10.6. The zero-order valence-electron chi connectivity index (χ0n) is 20.9. The average molecular weight is 491 g/mol. The van der Waals surface area contributed by atoms with Crippen LogP contribution in [0.25, 0.3) is 11.0 Å². The molecule has 2 atom stereocenters. The number of amides is 1. The van der Waals surface area contributed by atoms with Crippen LogP contribution >= 0.6 is 0 Å². The van der Waals surface area contributed by atoms with Gasteiger partial charge in [-0.3, -0.25) is 9.69 Å². The summed E-state index contributed by atoms with van der Waals surface area (Å²) in [6.07, 6.45) is 7.78. The van der Waals surface area contributed by atoms with Gasteiger partial charge in [-0.1, -0.05) is 12.8 Å². The van der Waals surface area contributed by atoms with Crippen molar-refractivity contribution in [3.8, 4) is 0 Å². The standard InChI is InChI=1S/C26H34N8O2/c1-17-14-33(10-9-32(17)15-18(2)35)20-5-6-22(27-13-20)30-25-28-12-19-11-21-24(36)29-16-26(7-3-4-8-26)34(21)23(19)31-25/h5-6,11-13,17-18,35H,3-4,7-10,14-16H2,1-2H3,(H,29,36)(H,27,28,30,31)/t17-,18+/m1/s1. The van der Waals surface area contributed by atoms with E-state index in [1.54, 1.807) is 6.20 Å². The molecule has 1 aliphatic carbocycles. The predicted molar refractivity (Wildman–Crippen MR) is 139 cm³/mol. The van der Waals surface area contributed by atoms with E-state index in [1.165, 1.54) is 0 Å². The fourth-order valence-corrected chi connectivity index (χ4v) is 6.15. The maximum absolute atomic E-state index is 12.6. The molecule has 1 spiro atoms. The van der Waals surface area contributed by atoms with Gasteiger partial charge >= 0.3 is 0 Å². The highest BCUT2D eigenvalue weighted by molar-refractivity contribution is 5.99. The quantitative estimate of drug-likeness (QED) is 0.500. The second-order valence-electron chi connectivity index (χ2n) is 10.6. The molecule has 0 bridgehead atoms. The van der Waals surface area contributed by atoms with E-state index in [0.717, 1.165) is 62.0 Å². The Hall–Kier alpha value is -3.24. The number of rotatable bonds is 5. The van der Waals surface area contributed by atoms with Crippen molar-refractivity contribution in [3.63, 3.8) is 0 Å². The van der Waals surface area contributed by atoms with Crippen molar-refractivity contribution in [2.75, 3.05) is 42.9 Å². The highest BCUT2D eigenvalue weighted by Crippen LogP contribution is 2.41. The summed E-state index contributed by atoms with van der Waals surface area (Å²) in [4.78, 5) is 31.2. The van der Waals surface area contributed by atoms with Crippen LogP contribution in [0.2, 0.25) is 0 Å². The molecule has 3 aliphatic rings. The third kappa shape index (κ3) is 4.08. The topological polar surface area (TPSA) is 111 Å². The van der Waals surface area contributed by atoms with Crippen LogP contribution in [0, 0.1) is 0 Å². The number of piperazine rings is 1. The molecular formula is C26H34N8O2. The van der Waals surface area contributed by atoms with E-state index in [2.05, 4.69) is 48.0 Å². The van der Waals surface area contributed by atoms with Gasteiger partial charge in [-0.25, -0.2) is 9.97 Å². The molecule has 10 heteroatoms. The van der Waals surface area contributed by atoms with Crippen molar-refractivity contribution in [2.45, 2.75) is 57.2 Å². The summed E-state index contributed by atoms with van der Waals surface area (Å²) in [5, 5.41) is 16.9. The first-order valence-corrected chi connectivity index (χ1v) is 13.0. The van der Waals surface area contributed by atoms with Crippen LogP contribution in [0.3, 0.4) is 0 Å². The van der Waals surface area contributed by atoms with Crippen LogP contribution in [0.5, 0.6) is 0 Å². The number of hydrogen-bond acceptors (Lipinski definition) is 8. The minimum Gasteiger partial charge on any atom is -0.392 e. The number of aromatic nitrogens is 4. The number of fused-ring (bicyclic) bond motifs is 4. The molecule has 0 radical (unpaired) electrons. The van der Waals surface area contributed by atoms with Gasteiger partial charge in [-0.05, 0) is 44.9 Å². The number of carbonyl (C=O) groups is 1. The van der Waals surface area contributed by atoms with Gasteiger partial charge in [0, 0.05) is 50.3 Å². The lowest BCUT2D eigenvalue weighted by molar-refractivity contribution is 0.0876. The number of carbonyl (C=O) groups excluding carboxylic acids is 1. The molecule has 2 fully saturated rings. The number of hydrogen-bond donors (Lipinski definition) is 3. The Bertz CT molecular complexity index is 1260. The van der Waals surface area contributed by atoms with Crippen molar-refractivity contribution in [1.82, 2.24) is 29.7 Å². The molecule has 1 saturated carbocycles. The van der Waals surface area contributed by atoms with E-state index in [4.69, 9.17) is 4.98 Å². The van der Waals surface area contributed by atoms with Crippen molar-refractivity contribution in [2.24, 2.45) is 0 Å². The number of aliphatic hydroxyl groups is 1. The molecule has 36 heavy (non-hydrogen) atoms. The Morgan fingerprint density at radius 3 is 2.78 bits per heavy atom. The first-order chi connectivity index (χ1) is 17.4. The van der Waals surface area contributed by atoms with E-state index >= 15 is 0 Å². The normalized spacial score (nSPS) is 22.6. The number of anilines is 3. The predicted octanol–water partition coefficient (Wildman–Crippen LogP) is 2.47. The lowest BCUT2D eigenvalue weighted by Gasteiger charge is -2.41. The molecule has 10 nitrogen and oxygen atoms in total. The van der Waals surface area contributed by atoms with Crippen molar-refractivity contribution in [1.29, 1.82) is 0 Å². The average Bonchev–Trinajstić information content (AvgIpc) is 3.49. The molecule has 6 rings (SSSR count). The number of β-amino-alcohol motifs (C(OH)–C–C–N with tert-alkyl or cyclic N) is 1. The second kappa shape index (κ2) is 9.01. The van der Waals surface area contributed by atoms with Gasteiger partial charge in [0.1, 0.15) is 17.2 Å². The van der Waals surface area contributed by atoms with Crippen LogP contribution in [-0.4, -0.2) is 80.3 Å². The van der Waals surface area contributed by atoms with Gasteiger partial charge in [0.05, 0.1) is 23.5 Å². The van der Waals surface area contributed by atoms with Crippen LogP contribution in [0.4, 0.5) is 17.5 Å². The smallest absolute Gasteiger partial charge is 0.268 e. The number of pyridine rings is 1. The van der Waals surface area contributed by atoms with Gasteiger partial charge in [0.2, 0.25) is 5.95 Å². The van der Waals surface area contributed by atoms with E-state index < -0.39 is 0 Å². The summed E-state index contributed by atoms with van der Waals surface area (Å²) < 4.78 is 2.16. The Balaban J connectivity index is 1.20. The molecular weight excluding hydrogens is 456 g/mol.